The van der Waals surface area contributed by atoms with E-state index in [0.717, 1.165) is 38.3 Å². The Balaban J connectivity index is 1.49. The van der Waals surface area contributed by atoms with Crippen LogP contribution in [0.15, 0.2) is 53.6 Å². The summed E-state index contributed by atoms with van der Waals surface area (Å²) in [4.78, 5) is 2.46. The summed E-state index contributed by atoms with van der Waals surface area (Å²) in [7, 11) is 0. The second kappa shape index (κ2) is 7.29. The molecule has 0 atom stereocenters. The van der Waals surface area contributed by atoms with Crippen LogP contribution in [-0.4, -0.2) is 47.4 Å². The Kier molecular flexibility index (Phi) is 4.93. The predicted molar refractivity (Wildman–Crippen MR) is 93.7 cm³/mol. The lowest BCUT2D eigenvalue weighted by atomic mass is 10.1. The number of aromatic hydroxyl groups is 1. The van der Waals surface area contributed by atoms with Gasteiger partial charge in [-0.15, -0.1) is 0 Å². The van der Waals surface area contributed by atoms with E-state index in [1.165, 1.54) is 11.1 Å². The number of phenolic OH excluding ortho intramolecular Hbond substituents is 1. The molecule has 0 radical (unpaired) electrons. The second-order valence-corrected chi connectivity index (χ2v) is 6.05. The molecule has 0 spiro atoms. The zero-order valence-corrected chi connectivity index (χ0v) is 13.5. The maximum Gasteiger partial charge on any atom is 0.116 e. The molecule has 0 bridgehead atoms. The largest absolute Gasteiger partial charge is 0.508 e. The summed E-state index contributed by atoms with van der Waals surface area (Å²) in [6.07, 6.45) is 1.81. The number of hydrazone groups is 1. The molecule has 0 aromatic heterocycles. The van der Waals surface area contributed by atoms with Gasteiger partial charge < -0.3 is 5.11 Å². The lowest BCUT2D eigenvalue weighted by Gasteiger charge is -2.33. The summed E-state index contributed by atoms with van der Waals surface area (Å²) >= 11 is 0. The number of hydrogen-bond donors (Lipinski definition) is 1. The highest BCUT2D eigenvalue weighted by Crippen LogP contribution is 2.11. The van der Waals surface area contributed by atoms with E-state index in [-0.39, 0.29) is 5.75 Å². The molecule has 1 saturated heterocycles. The van der Waals surface area contributed by atoms with Crippen LogP contribution in [-0.2, 0) is 6.54 Å². The fourth-order valence-corrected chi connectivity index (χ4v) is 2.72. The minimum absolute atomic E-state index is 0.275. The van der Waals surface area contributed by atoms with Crippen molar-refractivity contribution in [3.63, 3.8) is 0 Å². The normalized spacial score (nSPS) is 16.1. The first-order valence-electron chi connectivity index (χ1n) is 8.05. The first-order valence-corrected chi connectivity index (χ1v) is 8.05. The van der Waals surface area contributed by atoms with E-state index in [4.69, 9.17) is 0 Å². The van der Waals surface area contributed by atoms with E-state index < -0.39 is 0 Å². The van der Waals surface area contributed by atoms with E-state index in [9.17, 15) is 5.11 Å². The Bertz CT molecular complexity index is 659. The number of hydrogen-bond acceptors (Lipinski definition) is 4. The Morgan fingerprint density at radius 2 is 1.78 bits per heavy atom. The van der Waals surface area contributed by atoms with Crippen molar-refractivity contribution in [2.45, 2.75) is 13.5 Å². The first-order chi connectivity index (χ1) is 11.2. The number of phenols is 1. The molecule has 1 N–H and O–H groups in total. The van der Waals surface area contributed by atoms with Crippen LogP contribution in [0.25, 0.3) is 0 Å². The van der Waals surface area contributed by atoms with Crippen LogP contribution < -0.4 is 0 Å². The standard InChI is InChI=1S/C19H23N3O/c1-16-5-7-17(8-6-16)15-21-9-11-22(12-10-21)20-14-18-3-2-4-19(23)13-18/h2-8,13-14,23H,9-12,15H2,1H3/b20-14-. The van der Waals surface area contributed by atoms with Gasteiger partial charge in [-0.2, -0.15) is 5.10 Å². The van der Waals surface area contributed by atoms with Gasteiger partial charge >= 0.3 is 0 Å². The van der Waals surface area contributed by atoms with Crippen LogP contribution in [0, 0.1) is 6.92 Å². The number of nitrogens with zero attached hydrogens (tertiary/aromatic N) is 3. The van der Waals surface area contributed by atoms with Crippen LogP contribution >= 0.6 is 0 Å². The van der Waals surface area contributed by atoms with Gasteiger partial charge in [-0.1, -0.05) is 42.0 Å². The molecule has 2 aromatic carbocycles. The maximum absolute atomic E-state index is 9.46. The summed E-state index contributed by atoms with van der Waals surface area (Å²) in [5.74, 6) is 0.275. The number of piperazine rings is 1. The third-order valence-corrected chi connectivity index (χ3v) is 4.12. The highest BCUT2D eigenvalue weighted by Gasteiger charge is 2.15. The molecule has 1 aliphatic heterocycles. The summed E-state index contributed by atoms with van der Waals surface area (Å²) in [6.45, 7) is 7.02. The third kappa shape index (κ3) is 4.57. The highest BCUT2D eigenvalue weighted by atomic mass is 16.3. The van der Waals surface area contributed by atoms with Gasteiger partial charge in [0.25, 0.3) is 0 Å². The number of rotatable bonds is 4. The summed E-state index contributed by atoms with van der Waals surface area (Å²) in [5.41, 5.74) is 3.60. The van der Waals surface area contributed by atoms with Gasteiger partial charge in [-0.3, -0.25) is 9.91 Å². The van der Waals surface area contributed by atoms with Gasteiger partial charge in [0.2, 0.25) is 0 Å². The Labute approximate surface area is 137 Å². The monoisotopic (exact) mass is 309 g/mol. The van der Waals surface area contributed by atoms with Crippen molar-refractivity contribution >= 4 is 6.21 Å². The Morgan fingerprint density at radius 1 is 1.04 bits per heavy atom. The van der Waals surface area contributed by atoms with Gasteiger partial charge in [0, 0.05) is 32.7 Å². The average Bonchev–Trinajstić information content (AvgIpc) is 2.56. The molecule has 1 fully saturated rings. The molecule has 0 amide bonds. The fraction of sp³-hybridized carbons (Fsp3) is 0.316. The molecule has 1 heterocycles. The van der Waals surface area contributed by atoms with Crippen LogP contribution in [0.1, 0.15) is 16.7 Å². The predicted octanol–water partition coefficient (Wildman–Crippen LogP) is 2.85. The van der Waals surface area contributed by atoms with Gasteiger partial charge in [0.05, 0.1) is 6.21 Å². The van der Waals surface area contributed by atoms with Crippen LogP contribution in [0.5, 0.6) is 5.75 Å². The number of benzene rings is 2. The van der Waals surface area contributed by atoms with Crippen molar-refractivity contribution in [1.29, 1.82) is 0 Å². The molecule has 4 nitrogen and oxygen atoms in total. The quantitative estimate of drug-likeness (QED) is 0.883. The molecule has 120 valence electrons. The maximum atomic E-state index is 9.46. The smallest absolute Gasteiger partial charge is 0.116 e. The molecular weight excluding hydrogens is 286 g/mol. The average molecular weight is 309 g/mol. The summed E-state index contributed by atoms with van der Waals surface area (Å²) in [5, 5.41) is 16.1. The van der Waals surface area contributed by atoms with E-state index in [1.807, 2.05) is 18.3 Å². The van der Waals surface area contributed by atoms with Gasteiger partial charge in [-0.25, -0.2) is 0 Å². The molecule has 23 heavy (non-hydrogen) atoms. The van der Waals surface area contributed by atoms with Crippen LogP contribution in [0.4, 0.5) is 0 Å². The zero-order chi connectivity index (χ0) is 16.1. The van der Waals surface area contributed by atoms with E-state index in [1.54, 1.807) is 12.1 Å². The van der Waals surface area contributed by atoms with Crippen molar-refractivity contribution < 1.29 is 5.11 Å². The molecular formula is C19H23N3O. The summed E-state index contributed by atoms with van der Waals surface area (Å²) < 4.78 is 0. The molecule has 0 aliphatic carbocycles. The lowest BCUT2D eigenvalue weighted by molar-refractivity contribution is 0.131. The summed E-state index contributed by atoms with van der Waals surface area (Å²) in [6, 6.07) is 15.9. The van der Waals surface area contributed by atoms with Gasteiger partial charge in [-0.05, 0) is 30.2 Å². The van der Waals surface area contributed by atoms with Crippen molar-refractivity contribution in [2.24, 2.45) is 5.10 Å². The highest BCUT2D eigenvalue weighted by molar-refractivity contribution is 5.79. The molecule has 0 unspecified atom stereocenters. The first kappa shape index (κ1) is 15.6. The molecule has 2 aromatic rings. The molecule has 0 saturated carbocycles. The van der Waals surface area contributed by atoms with Crippen molar-refractivity contribution in [3.05, 3.63) is 65.2 Å². The fourth-order valence-electron chi connectivity index (χ4n) is 2.72. The van der Waals surface area contributed by atoms with Crippen molar-refractivity contribution in [3.8, 4) is 5.75 Å². The van der Waals surface area contributed by atoms with Crippen LogP contribution in [0.3, 0.4) is 0 Å². The van der Waals surface area contributed by atoms with Crippen molar-refractivity contribution in [1.82, 2.24) is 9.91 Å². The van der Waals surface area contributed by atoms with Crippen molar-refractivity contribution in [2.75, 3.05) is 26.2 Å². The number of aryl methyl sites for hydroxylation is 1. The van der Waals surface area contributed by atoms with Gasteiger partial charge in [0.1, 0.15) is 5.75 Å². The Morgan fingerprint density at radius 3 is 2.48 bits per heavy atom. The SMILES string of the molecule is Cc1ccc(CN2CCN(/N=C\c3cccc(O)c3)CC2)cc1. The van der Waals surface area contributed by atoms with E-state index in [2.05, 4.69) is 46.2 Å². The zero-order valence-electron chi connectivity index (χ0n) is 13.5. The minimum Gasteiger partial charge on any atom is -0.508 e. The second-order valence-electron chi connectivity index (χ2n) is 6.05. The molecule has 1 aliphatic rings. The molecule has 4 heteroatoms. The van der Waals surface area contributed by atoms with E-state index >= 15 is 0 Å². The van der Waals surface area contributed by atoms with Gasteiger partial charge in [0.15, 0.2) is 0 Å². The molecule has 3 rings (SSSR count). The Hall–Kier alpha value is -2.33. The minimum atomic E-state index is 0.275. The topological polar surface area (TPSA) is 39.1 Å². The lowest BCUT2D eigenvalue weighted by Crippen LogP contribution is -2.43. The third-order valence-electron chi connectivity index (χ3n) is 4.12. The van der Waals surface area contributed by atoms with Crippen LogP contribution in [0.2, 0.25) is 0 Å². The van der Waals surface area contributed by atoms with E-state index in [0.29, 0.717) is 0 Å².